The first-order valence-electron chi connectivity index (χ1n) is 7.63. The zero-order chi connectivity index (χ0) is 16.2. The molecule has 0 saturated heterocycles. The molecule has 1 aromatic heterocycles. The lowest BCUT2D eigenvalue weighted by atomic mass is 10.1. The number of rotatable bonds is 6. The van der Waals surface area contributed by atoms with Gasteiger partial charge in [0.15, 0.2) is 16.6 Å². The Bertz CT molecular complexity index is 715. The molecule has 1 aromatic carbocycles. The van der Waals surface area contributed by atoms with Gasteiger partial charge in [-0.25, -0.2) is 4.98 Å². The number of nitrogens with one attached hydrogen (secondary N) is 1. The highest BCUT2D eigenvalue weighted by molar-refractivity contribution is 7.18. The molecule has 0 spiro atoms. The van der Waals surface area contributed by atoms with E-state index in [4.69, 9.17) is 15.2 Å². The number of nitrogens with two attached hydrogens (primary N) is 1. The summed E-state index contributed by atoms with van der Waals surface area (Å²) in [4.78, 5) is 17.3. The summed E-state index contributed by atoms with van der Waals surface area (Å²) in [6.45, 7) is 3.95. The van der Waals surface area contributed by atoms with Crippen LogP contribution in [0.15, 0.2) is 18.2 Å². The molecule has 2 heterocycles. The number of benzene rings is 1. The lowest BCUT2D eigenvalue weighted by Gasteiger charge is -2.18. The van der Waals surface area contributed by atoms with Gasteiger partial charge in [-0.2, -0.15) is 0 Å². The lowest BCUT2D eigenvalue weighted by Crippen LogP contribution is -2.15. The third kappa shape index (κ3) is 3.39. The highest BCUT2D eigenvalue weighted by atomic mass is 32.1. The van der Waals surface area contributed by atoms with E-state index in [1.54, 1.807) is 18.2 Å². The third-order valence-corrected chi connectivity index (χ3v) is 4.50. The van der Waals surface area contributed by atoms with Crippen LogP contribution in [0.2, 0.25) is 0 Å². The van der Waals surface area contributed by atoms with E-state index >= 15 is 0 Å². The minimum absolute atomic E-state index is 0.152. The zero-order valence-electron chi connectivity index (χ0n) is 12.9. The number of ether oxygens (including phenoxy) is 2. The molecule has 1 aliphatic rings. The molecule has 0 fully saturated rings. The fourth-order valence-electron chi connectivity index (χ4n) is 2.26. The minimum Gasteiger partial charge on any atom is -0.486 e. The second-order valence-corrected chi connectivity index (χ2v) is 6.20. The van der Waals surface area contributed by atoms with Crippen molar-refractivity contribution in [2.45, 2.75) is 19.8 Å². The summed E-state index contributed by atoms with van der Waals surface area (Å²) in [5, 5.41) is 3.87. The van der Waals surface area contributed by atoms with E-state index in [2.05, 4.69) is 17.2 Å². The molecule has 2 aromatic rings. The molecule has 0 saturated carbocycles. The fourth-order valence-corrected chi connectivity index (χ4v) is 3.13. The largest absolute Gasteiger partial charge is 0.486 e. The Morgan fingerprint density at radius 3 is 2.91 bits per heavy atom. The first-order valence-corrected chi connectivity index (χ1v) is 8.45. The summed E-state index contributed by atoms with van der Waals surface area (Å²) in [6, 6.07) is 5.17. The van der Waals surface area contributed by atoms with Crippen LogP contribution < -0.4 is 20.5 Å². The second kappa shape index (κ2) is 6.87. The Labute approximate surface area is 138 Å². The Hall–Kier alpha value is -2.28. The molecule has 122 valence electrons. The van der Waals surface area contributed by atoms with Crippen molar-refractivity contribution in [3.63, 3.8) is 0 Å². The van der Waals surface area contributed by atoms with Crippen LogP contribution >= 0.6 is 11.3 Å². The SMILES string of the molecule is CCCCNc1nc(N)c(C(=O)c2ccc3c(c2)OCCO3)s1. The second-order valence-electron chi connectivity index (χ2n) is 5.20. The first-order chi connectivity index (χ1) is 11.2. The van der Waals surface area contributed by atoms with Crippen LogP contribution in [0.25, 0.3) is 0 Å². The lowest BCUT2D eigenvalue weighted by molar-refractivity contribution is 0.104. The van der Waals surface area contributed by atoms with Crippen LogP contribution in [-0.4, -0.2) is 30.5 Å². The summed E-state index contributed by atoms with van der Waals surface area (Å²) >= 11 is 1.28. The topological polar surface area (TPSA) is 86.5 Å². The van der Waals surface area contributed by atoms with Crippen molar-refractivity contribution in [3.05, 3.63) is 28.6 Å². The molecule has 0 bridgehead atoms. The molecule has 0 atom stereocenters. The highest BCUT2D eigenvalue weighted by Crippen LogP contribution is 2.33. The number of hydrogen-bond acceptors (Lipinski definition) is 7. The van der Waals surface area contributed by atoms with Crippen molar-refractivity contribution < 1.29 is 14.3 Å². The van der Waals surface area contributed by atoms with Crippen LogP contribution in [-0.2, 0) is 0 Å². The zero-order valence-corrected chi connectivity index (χ0v) is 13.7. The standard InChI is InChI=1S/C16H19N3O3S/c1-2-3-6-18-16-19-15(17)14(23-16)13(20)10-4-5-11-12(9-10)22-8-7-21-11/h4-5,9H,2-3,6-8,17H2,1H3,(H,18,19). The Morgan fingerprint density at radius 2 is 2.13 bits per heavy atom. The quantitative estimate of drug-likeness (QED) is 0.624. The van der Waals surface area contributed by atoms with Crippen LogP contribution in [0.4, 0.5) is 10.9 Å². The van der Waals surface area contributed by atoms with E-state index in [1.165, 1.54) is 11.3 Å². The van der Waals surface area contributed by atoms with Crippen LogP contribution in [0.3, 0.4) is 0 Å². The van der Waals surface area contributed by atoms with Gasteiger partial charge in [0, 0.05) is 12.1 Å². The van der Waals surface area contributed by atoms with Gasteiger partial charge < -0.3 is 20.5 Å². The van der Waals surface area contributed by atoms with Gasteiger partial charge in [-0.3, -0.25) is 4.79 Å². The molecule has 3 N–H and O–H groups in total. The van der Waals surface area contributed by atoms with Gasteiger partial charge in [-0.15, -0.1) is 0 Å². The van der Waals surface area contributed by atoms with Crippen LogP contribution in [0.5, 0.6) is 11.5 Å². The molecule has 0 radical (unpaired) electrons. The number of carbonyl (C=O) groups excluding carboxylic acids is 1. The predicted molar refractivity (Wildman–Crippen MR) is 90.8 cm³/mol. The van der Waals surface area contributed by atoms with E-state index in [1.807, 2.05) is 0 Å². The monoisotopic (exact) mass is 333 g/mol. The third-order valence-electron chi connectivity index (χ3n) is 3.47. The van der Waals surface area contributed by atoms with E-state index in [0.717, 1.165) is 19.4 Å². The van der Waals surface area contributed by atoms with Gasteiger partial charge in [0.2, 0.25) is 5.78 Å². The number of thiazole rings is 1. The van der Waals surface area contributed by atoms with E-state index < -0.39 is 0 Å². The van der Waals surface area contributed by atoms with Crippen molar-refractivity contribution >= 4 is 28.1 Å². The maximum Gasteiger partial charge on any atom is 0.206 e. The smallest absolute Gasteiger partial charge is 0.206 e. The van der Waals surface area contributed by atoms with Crippen molar-refractivity contribution in [2.75, 3.05) is 30.8 Å². The molecular weight excluding hydrogens is 314 g/mol. The number of anilines is 2. The van der Waals surface area contributed by atoms with Crippen molar-refractivity contribution in [3.8, 4) is 11.5 Å². The number of unbranched alkanes of at least 4 members (excludes halogenated alkanes) is 1. The molecular formula is C16H19N3O3S. The number of aromatic nitrogens is 1. The van der Waals surface area contributed by atoms with Crippen molar-refractivity contribution in [1.82, 2.24) is 4.98 Å². The van der Waals surface area contributed by atoms with Crippen molar-refractivity contribution in [1.29, 1.82) is 0 Å². The van der Waals surface area contributed by atoms with Crippen LogP contribution in [0.1, 0.15) is 35.0 Å². The summed E-state index contributed by atoms with van der Waals surface area (Å²) in [6.07, 6.45) is 2.14. The molecule has 1 aliphatic heterocycles. The maximum atomic E-state index is 12.7. The Morgan fingerprint density at radius 1 is 1.35 bits per heavy atom. The summed E-state index contributed by atoms with van der Waals surface area (Å²) < 4.78 is 11.0. The fraction of sp³-hybridized carbons (Fsp3) is 0.375. The molecule has 7 heteroatoms. The highest BCUT2D eigenvalue weighted by Gasteiger charge is 2.20. The van der Waals surface area contributed by atoms with Crippen LogP contribution in [0, 0.1) is 0 Å². The molecule has 6 nitrogen and oxygen atoms in total. The number of ketones is 1. The average Bonchev–Trinajstić information content (AvgIpc) is 2.94. The number of nitrogen functional groups attached to an aromatic ring is 1. The number of hydrogen-bond donors (Lipinski definition) is 2. The molecule has 0 amide bonds. The van der Waals surface area contributed by atoms with Crippen molar-refractivity contribution in [2.24, 2.45) is 0 Å². The van der Waals surface area contributed by atoms with Gasteiger partial charge in [0.25, 0.3) is 0 Å². The molecule has 3 rings (SSSR count). The van der Waals surface area contributed by atoms with E-state index in [-0.39, 0.29) is 11.6 Å². The summed E-state index contributed by atoms with van der Waals surface area (Å²) in [5.74, 6) is 1.35. The Balaban J connectivity index is 1.80. The van der Waals surface area contributed by atoms with Gasteiger partial charge in [-0.05, 0) is 24.6 Å². The van der Waals surface area contributed by atoms with Gasteiger partial charge >= 0.3 is 0 Å². The molecule has 0 unspecified atom stereocenters. The number of fused-ring (bicyclic) bond motifs is 1. The summed E-state index contributed by atoms with van der Waals surface area (Å²) in [5.41, 5.74) is 6.42. The van der Waals surface area contributed by atoms with E-state index in [9.17, 15) is 4.79 Å². The number of nitrogens with zero attached hydrogens (tertiary/aromatic N) is 1. The van der Waals surface area contributed by atoms with Gasteiger partial charge in [0.05, 0.1) is 0 Å². The van der Waals surface area contributed by atoms with Gasteiger partial charge in [0.1, 0.15) is 23.9 Å². The normalized spacial score (nSPS) is 12.9. The number of carbonyl (C=O) groups is 1. The Kier molecular flexibility index (Phi) is 4.66. The maximum absolute atomic E-state index is 12.7. The first kappa shape index (κ1) is 15.6. The predicted octanol–water partition coefficient (Wildman–Crippen LogP) is 2.94. The minimum atomic E-state index is -0.152. The van der Waals surface area contributed by atoms with Gasteiger partial charge in [-0.1, -0.05) is 24.7 Å². The molecule has 0 aliphatic carbocycles. The van der Waals surface area contributed by atoms with E-state index in [0.29, 0.717) is 40.3 Å². The summed E-state index contributed by atoms with van der Waals surface area (Å²) in [7, 11) is 0. The average molecular weight is 333 g/mol. The molecule has 23 heavy (non-hydrogen) atoms.